The van der Waals surface area contributed by atoms with Crippen molar-refractivity contribution in [1.82, 2.24) is 10.2 Å². The number of carbonyl (C=O) groups is 1. The van der Waals surface area contributed by atoms with Crippen LogP contribution in [0.25, 0.3) is 6.08 Å². The molecule has 37 heavy (non-hydrogen) atoms. The van der Waals surface area contributed by atoms with Crippen molar-refractivity contribution >= 4 is 12.0 Å². The molecular formula is C28H28F6N2O. The third kappa shape index (κ3) is 4.90. The summed E-state index contributed by atoms with van der Waals surface area (Å²) in [6, 6.07) is 10.1. The Morgan fingerprint density at radius 2 is 1.68 bits per heavy atom. The van der Waals surface area contributed by atoms with Crippen LogP contribution in [0.1, 0.15) is 54.0 Å². The number of halogens is 6. The summed E-state index contributed by atoms with van der Waals surface area (Å²) >= 11 is 0. The summed E-state index contributed by atoms with van der Waals surface area (Å²) < 4.78 is 78.5. The van der Waals surface area contributed by atoms with E-state index in [-0.39, 0.29) is 41.5 Å². The second kappa shape index (κ2) is 9.19. The number of benzene rings is 2. The normalized spacial score (nSPS) is 27.7. The Balaban J connectivity index is 1.16. The zero-order valence-electron chi connectivity index (χ0n) is 20.3. The molecule has 2 atom stereocenters. The molecule has 1 spiro atoms. The van der Waals surface area contributed by atoms with Gasteiger partial charge in [0.15, 0.2) is 0 Å². The van der Waals surface area contributed by atoms with E-state index in [9.17, 15) is 31.1 Å². The van der Waals surface area contributed by atoms with Crippen LogP contribution < -0.4 is 5.32 Å². The van der Waals surface area contributed by atoms with Crippen molar-refractivity contribution in [2.45, 2.75) is 56.5 Å². The molecule has 198 valence electrons. The van der Waals surface area contributed by atoms with E-state index in [0.29, 0.717) is 30.9 Å². The molecule has 1 aliphatic heterocycles. The summed E-state index contributed by atoms with van der Waals surface area (Å²) in [5.41, 5.74) is -0.318. The Morgan fingerprint density at radius 1 is 1.03 bits per heavy atom. The van der Waals surface area contributed by atoms with Gasteiger partial charge in [-0.05, 0) is 66.6 Å². The zero-order valence-corrected chi connectivity index (χ0v) is 20.3. The molecule has 0 unspecified atom stereocenters. The minimum atomic E-state index is -4.91. The molecule has 2 aliphatic carbocycles. The van der Waals surface area contributed by atoms with Gasteiger partial charge in [0.1, 0.15) is 0 Å². The fourth-order valence-electron chi connectivity index (χ4n) is 6.11. The lowest BCUT2D eigenvalue weighted by molar-refractivity contribution is -0.143. The van der Waals surface area contributed by atoms with Crippen molar-refractivity contribution in [2.24, 2.45) is 11.8 Å². The first kappa shape index (κ1) is 25.8. The summed E-state index contributed by atoms with van der Waals surface area (Å²) in [5, 5.41) is 2.54. The van der Waals surface area contributed by atoms with Gasteiger partial charge in [0.25, 0.3) is 0 Å². The Labute approximate surface area is 211 Å². The zero-order chi connectivity index (χ0) is 26.6. The highest BCUT2D eigenvalue weighted by Gasteiger charge is 2.47. The van der Waals surface area contributed by atoms with Gasteiger partial charge in [0, 0.05) is 30.5 Å². The second-order valence-electron chi connectivity index (χ2n) is 10.6. The molecule has 1 saturated carbocycles. The highest BCUT2D eigenvalue weighted by Crippen LogP contribution is 2.48. The SMILES string of the molecule is C[C@H]1CN(C2CC(C(=O)NCc3cc(C(F)(F)F)cc(C(F)(F)F)c3)C2)CC[C@@]12C=Cc1ccccc12. The number of allylic oxidation sites excluding steroid dienone is 1. The first-order valence-corrected chi connectivity index (χ1v) is 12.5. The van der Waals surface area contributed by atoms with Crippen LogP contribution in [0.3, 0.4) is 0 Å². The Morgan fingerprint density at radius 3 is 2.30 bits per heavy atom. The standard InChI is InChI=1S/C28H28F6N2O/c1-17-16-36(9-8-26(17)7-6-19-4-2-3-5-24(19)26)23-12-20(13-23)25(37)35-15-18-10-21(27(29,30)31)14-22(11-18)28(32,33)34/h2-7,10-11,14,17,20,23H,8-9,12-13,15-16H2,1H3,(H,35,37)/t17-,20?,23?,26-/m0/s1. The number of fused-ring (bicyclic) bond motifs is 2. The van der Waals surface area contributed by atoms with Crippen LogP contribution in [0.5, 0.6) is 0 Å². The maximum atomic E-state index is 13.1. The monoisotopic (exact) mass is 522 g/mol. The van der Waals surface area contributed by atoms with Gasteiger partial charge in [-0.25, -0.2) is 0 Å². The Bertz CT molecular complexity index is 1180. The highest BCUT2D eigenvalue weighted by molar-refractivity contribution is 5.79. The molecule has 9 heteroatoms. The number of rotatable bonds is 4. The van der Waals surface area contributed by atoms with Crippen molar-refractivity contribution in [3.63, 3.8) is 0 Å². The van der Waals surface area contributed by atoms with E-state index in [0.717, 1.165) is 19.5 Å². The van der Waals surface area contributed by atoms with Crippen LogP contribution >= 0.6 is 0 Å². The van der Waals surface area contributed by atoms with Gasteiger partial charge in [-0.1, -0.05) is 43.3 Å². The van der Waals surface area contributed by atoms with E-state index >= 15 is 0 Å². The summed E-state index contributed by atoms with van der Waals surface area (Å²) in [6.07, 6.45) is -3.04. The average Bonchev–Trinajstić information content (AvgIpc) is 3.17. The van der Waals surface area contributed by atoms with Gasteiger partial charge < -0.3 is 5.32 Å². The van der Waals surface area contributed by atoms with Crippen LogP contribution in [0.15, 0.2) is 48.5 Å². The van der Waals surface area contributed by atoms with E-state index in [2.05, 4.69) is 47.5 Å². The lowest BCUT2D eigenvalue weighted by Crippen LogP contribution is -2.56. The molecule has 1 N–H and O–H groups in total. The van der Waals surface area contributed by atoms with Crippen LogP contribution in [0, 0.1) is 11.8 Å². The van der Waals surface area contributed by atoms with Gasteiger partial charge in [0.2, 0.25) is 5.91 Å². The maximum Gasteiger partial charge on any atom is 0.416 e. The van der Waals surface area contributed by atoms with Crippen molar-refractivity contribution in [1.29, 1.82) is 0 Å². The lowest BCUT2D eigenvalue weighted by Gasteiger charge is -2.50. The van der Waals surface area contributed by atoms with E-state index in [4.69, 9.17) is 0 Å². The fraction of sp³-hybridized carbons (Fsp3) is 0.464. The molecular weight excluding hydrogens is 494 g/mol. The Hall–Kier alpha value is -2.81. The number of alkyl halides is 6. The number of nitrogens with one attached hydrogen (secondary N) is 1. The van der Waals surface area contributed by atoms with E-state index in [1.165, 1.54) is 11.1 Å². The predicted molar refractivity (Wildman–Crippen MR) is 127 cm³/mol. The predicted octanol–water partition coefficient (Wildman–Crippen LogP) is 6.43. The minimum absolute atomic E-state index is 0.0356. The molecule has 1 saturated heterocycles. The maximum absolute atomic E-state index is 13.1. The quantitative estimate of drug-likeness (QED) is 0.470. The van der Waals surface area contributed by atoms with Crippen molar-refractivity contribution in [2.75, 3.05) is 13.1 Å². The van der Waals surface area contributed by atoms with Gasteiger partial charge in [-0.15, -0.1) is 0 Å². The number of nitrogens with zero attached hydrogens (tertiary/aromatic N) is 1. The molecule has 3 aliphatic rings. The third-order valence-electron chi connectivity index (χ3n) is 8.34. The fourth-order valence-corrected chi connectivity index (χ4v) is 6.11. The second-order valence-corrected chi connectivity index (χ2v) is 10.6. The molecule has 5 rings (SSSR count). The molecule has 0 bridgehead atoms. The number of carbonyl (C=O) groups excluding carboxylic acids is 1. The third-order valence-corrected chi connectivity index (χ3v) is 8.34. The molecule has 2 fully saturated rings. The van der Waals surface area contributed by atoms with Crippen LogP contribution in [0.2, 0.25) is 0 Å². The van der Waals surface area contributed by atoms with E-state index in [1.54, 1.807) is 0 Å². The van der Waals surface area contributed by atoms with Gasteiger partial charge in [-0.3, -0.25) is 9.69 Å². The molecule has 0 radical (unpaired) electrons. The smallest absolute Gasteiger partial charge is 0.352 e. The van der Waals surface area contributed by atoms with Crippen LogP contribution in [0.4, 0.5) is 26.3 Å². The van der Waals surface area contributed by atoms with Crippen LogP contribution in [-0.4, -0.2) is 29.9 Å². The number of hydrogen-bond donors (Lipinski definition) is 1. The molecule has 2 aromatic rings. The number of likely N-dealkylation sites (tertiary alicyclic amines) is 1. The van der Waals surface area contributed by atoms with E-state index in [1.807, 2.05) is 6.07 Å². The van der Waals surface area contributed by atoms with Gasteiger partial charge in [-0.2, -0.15) is 26.3 Å². The number of amides is 1. The van der Waals surface area contributed by atoms with E-state index < -0.39 is 23.5 Å². The minimum Gasteiger partial charge on any atom is -0.352 e. The molecule has 0 aromatic heterocycles. The highest BCUT2D eigenvalue weighted by atomic mass is 19.4. The molecule has 1 heterocycles. The first-order chi connectivity index (χ1) is 17.4. The molecule has 1 amide bonds. The first-order valence-electron chi connectivity index (χ1n) is 12.5. The van der Waals surface area contributed by atoms with Crippen molar-refractivity contribution in [3.05, 3.63) is 76.4 Å². The molecule has 2 aromatic carbocycles. The van der Waals surface area contributed by atoms with Crippen LogP contribution in [-0.2, 0) is 29.1 Å². The molecule has 3 nitrogen and oxygen atoms in total. The van der Waals surface area contributed by atoms with Crippen molar-refractivity contribution < 1.29 is 31.1 Å². The van der Waals surface area contributed by atoms with Crippen molar-refractivity contribution in [3.8, 4) is 0 Å². The lowest BCUT2D eigenvalue weighted by atomic mass is 9.67. The largest absolute Gasteiger partial charge is 0.416 e. The summed E-state index contributed by atoms with van der Waals surface area (Å²) in [4.78, 5) is 15.0. The topological polar surface area (TPSA) is 32.3 Å². The summed E-state index contributed by atoms with van der Waals surface area (Å²) in [7, 11) is 0. The summed E-state index contributed by atoms with van der Waals surface area (Å²) in [6.45, 7) is 3.68. The Kier molecular flexibility index (Phi) is 6.41. The number of piperidine rings is 1. The summed E-state index contributed by atoms with van der Waals surface area (Å²) in [5.74, 6) is -0.231. The van der Waals surface area contributed by atoms with Gasteiger partial charge in [0.05, 0.1) is 11.1 Å². The average molecular weight is 523 g/mol. The number of hydrogen-bond acceptors (Lipinski definition) is 2. The van der Waals surface area contributed by atoms with Gasteiger partial charge >= 0.3 is 12.4 Å².